The van der Waals surface area contributed by atoms with Gasteiger partial charge in [0.15, 0.2) is 0 Å². The number of ether oxygens (including phenoxy) is 1. The third kappa shape index (κ3) is 3.99. The maximum Gasteiger partial charge on any atom is 0.413 e. The quantitative estimate of drug-likeness (QED) is 0.449. The number of carbonyl (C=O) groups excluding carboxylic acids is 1. The summed E-state index contributed by atoms with van der Waals surface area (Å²) >= 11 is 3.49. The fraction of sp³-hybridized carbons (Fsp3) is 0.100. The van der Waals surface area contributed by atoms with Crippen molar-refractivity contribution in [2.75, 3.05) is 12.4 Å². The van der Waals surface area contributed by atoms with E-state index in [-0.39, 0.29) is 0 Å². The monoisotopic (exact) mass is 395 g/mol. The zero-order chi connectivity index (χ0) is 18.8. The highest BCUT2D eigenvalue weighted by molar-refractivity contribution is 7.99. The minimum atomic E-state index is -0.551. The zero-order valence-electron chi connectivity index (χ0n) is 14.8. The first-order valence-electron chi connectivity index (χ1n) is 8.30. The predicted octanol–water partition coefficient (Wildman–Crippen LogP) is 5.93. The van der Waals surface area contributed by atoms with Crippen molar-refractivity contribution in [1.29, 1.82) is 0 Å². The van der Waals surface area contributed by atoms with Gasteiger partial charge in [-0.1, -0.05) is 23.9 Å². The molecule has 0 radical (unpaired) electrons. The molecule has 2 N–H and O–H groups in total. The van der Waals surface area contributed by atoms with Crippen molar-refractivity contribution < 1.29 is 9.53 Å². The lowest BCUT2D eigenvalue weighted by Gasteiger charge is -2.03. The smallest absolute Gasteiger partial charge is 0.413 e. The Bertz CT molecular complexity index is 1100. The second kappa shape index (κ2) is 7.46. The Hall–Kier alpha value is -2.77. The highest BCUT2D eigenvalue weighted by Gasteiger charge is 2.08. The molecule has 27 heavy (non-hydrogen) atoms. The topological polar surface area (TPSA) is 67.0 Å². The largest absolute Gasteiger partial charge is 0.453 e. The van der Waals surface area contributed by atoms with Crippen LogP contribution in [0.2, 0.25) is 0 Å². The lowest BCUT2D eigenvalue weighted by molar-refractivity contribution is 0.186. The van der Waals surface area contributed by atoms with Crippen molar-refractivity contribution >= 4 is 46.2 Å². The second-order valence-corrected chi connectivity index (χ2v) is 8.35. The summed E-state index contributed by atoms with van der Waals surface area (Å²) < 4.78 is 4.58. The maximum atomic E-state index is 11.3. The molecule has 0 aliphatic heterocycles. The minimum absolute atomic E-state index is 0.370. The molecule has 2 aromatic carbocycles. The van der Waals surface area contributed by atoms with Gasteiger partial charge in [0.25, 0.3) is 0 Å². The number of aryl methyl sites for hydroxylation is 1. The third-order valence-corrected chi connectivity index (χ3v) is 6.02. The van der Waals surface area contributed by atoms with Gasteiger partial charge in [-0.15, -0.1) is 11.3 Å². The van der Waals surface area contributed by atoms with Gasteiger partial charge in [-0.25, -0.2) is 9.78 Å². The number of thiophene rings is 1. The van der Waals surface area contributed by atoms with Crippen molar-refractivity contribution in [3.8, 4) is 10.4 Å². The van der Waals surface area contributed by atoms with Crippen LogP contribution in [0.15, 0.2) is 64.4 Å². The number of amides is 1. The number of hydrogen-bond acceptors (Lipinski definition) is 5. The van der Waals surface area contributed by atoms with Gasteiger partial charge in [-0.2, -0.15) is 0 Å². The summed E-state index contributed by atoms with van der Waals surface area (Å²) in [4.78, 5) is 23.6. The van der Waals surface area contributed by atoms with Crippen LogP contribution in [0.25, 0.3) is 21.5 Å². The average Bonchev–Trinajstić information content (AvgIpc) is 3.27. The van der Waals surface area contributed by atoms with Crippen molar-refractivity contribution in [2.45, 2.75) is 16.7 Å². The number of fused-ring (bicyclic) bond motifs is 1. The van der Waals surface area contributed by atoms with E-state index in [1.807, 2.05) is 18.2 Å². The first-order chi connectivity index (χ1) is 13.1. The normalized spacial score (nSPS) is 10.9. The van der Waals surface area contributed by atoms with Gasteiger partial charge >= 0.3 is 6.09 Å². The molecule has 0 bridgehead atoms. The molecule has 1 amide bonds. The Morgan fingerprint density at radius 3 is 2.59 bits per heavy atom. The number of benzene rings is 2. The van der Waals surface area contributed by atoms with Gasteiger partial charge in [0.2, 0.25) is 5.95 Å². The SMILES string of the molecule is COC(=O)Nc1nc2ccc(Sc3ccc(-c4ccc(C)s4)cc3)cc2[nH]1. The molecule has 7 heteroatoms. The van der Waals surface area contributed by atoms with Crippen LogP contribution < -0.4 is 5.32 Å². The summed E-state index contributed by atoms with van der Waals surface area (Å²) in [5.74, 6) is 0.370. The van der Waals surface area contributed by atoms with E-state index in [4.69, 9.17) is 0 Å². The van der Waals surface area contributed by atoms with Crippen molar-refractivity contribution in [3.63, 3.8) is 0 Å². The number of H-pyrrole nitrogens is 1. The molecule has 0 aliphatic rings. The number of aromatic nitrogens is 2. The van der Waals surface area contributed by atoms with Crippen LogP contribution in [-0.4, -0.2) is 23.2 Å². The van der Waals surface area contributed by atoms with Gasteiger partial charge < -0.3 is 9.72 Å². The number of hydrogen-bond donors (Lipinski definition) is 2. The van der Waals surface area contributed by atoms with Crippen LogP contribution in [0.1, 0.15) is 4.88 Å². The van der Waals surface area contributed by atoms with Crippen LogP contribution in [-0.2, 0) is 4.74 Å². The van der Waals surface area contributed by atoms with E-state index in [9.17, 15) is 4.79 Å². The lowest BCUT2D eigenvalue weighted by Crippen LogP contribution is -2.11. The molecule has 4 rings (SSSR count). The fourth-order valence-corrected chi connectivity index (χ4v) is 4.40. The molecule has 0 spiro atoms. The Kier molecular flexibility index (Phi) is 4.87. The summed E-state index contributed by atoms with van der Waals surface area (Å²) in [7, 11) is 1.32. The number of anilines is 1. The molecule has 0 atom stereocenters. The number of nitrogens with one attached hydrogen (secondary N) is 2. The average molecular weight is 396 g/mol. The third-order valence-electron chi connectivity index (χ3n) is 3.97. The van der Waals surface area contributed by atoms with Gasteiger partial charge in [0, 0.05) is 19.5 Å². The molecule has 5 nitrogen and oxygen atoms in total. The Labute approximate surface area is 164 Å². The molecule has 0 unspecified atom stereocenters. The van der Waals surface area contributed by atoms with E-state index in [1.165, 1.54) is 27.3 Å². The number of nitrogens with zero attached hydrogens (tertiary/aromatic N) is 1. The van der Waals surface area contributed by atoms with E-state index >= 15 is 0 Å². The van der Waals surface area contributed by atoms with E-state index in [0.717, 1.165) is 15.9 Å². The van der Waals surface area contributed by atoms with Crippen LogP contribution in [0.3, 0.4) is 0 Å². The standard InChI is InChI=1S/C20H17N3O2S2/c1-12-3-10-18(26-12)13-4-6-14(7-5-13)27-15-8-9-16-17(11-15)22-19(21-16)23-20(24)25-2/h3-11H,1-2H3,(H2,21,22,23,24). The van der Waals surface area contributed by atoms with Crippen molar-refractivity contribution in [3.05, 3.63) is 59.5 Å². The first-order valence-corrected chi connectivity index (χ1v) is 9.93. The molecule has 0 aliphatic carbocycles. The molecule has 4 aromatic rings. The maximum absolute atomic E-state index is 11.3. The summed E-state index contributed by atoms with van der Waals surface area (Å²) in [6.45, 7) is 2.12. The number of aromatic amines is 1. The summed E-state index contributed by atoms with van der Waals surface area (Å²) in [5.41, 5.74) is 2.88. The number of rotatable bonds is 4. The predicted molar refractivity (Wildman–Crippen MR) is 111 cm³/mol. The van der Waals surface area contributed by atoms with Crippen molar-refractivity contribution in [1.82, 2.24) is 9.97 Å². The molecule has 0 saturated carbocycles. The van der Waals surface area contributed by atoms with Gasteiger partial charge in [-0.05, 0) is 55.0 Å². The molecule has 2 heterocycles. The molecule has 136 valence electrons. The van der Waals surface area contributed by atoms with Gasteiger partial charge in [-0.3, -0.25) is 5.32 Å². The summed E-state index contributed by atoms with van der Waals surface area (Å²) in [5, 5.41) is 2.54. The molecular formula is C20H17N3O2S2. The number of methoxy groups -OCH3 is 1. The van der Waals surface area contributed by atoms with Crippen LogP contribution in [0.4, 0.5) is 10.7 Å². The number of carbonyl (C=O) groups is 1. The van der Waals surface area contributed by atoms with Crippen LogP contribution in [0.5, 0.6) is 0 Å². The highest BCUT2D eigenvalue weighted by atomic mass is 32.2. The Morgan fingerprint density at radius 1 is 1.11 bits per heavy atom. The highest BCUT2D eigenvalue weighted by Crippen LogP contribution is 2.33. The van der Waals surface area contributed by atoms with E-state index in [0.29, 0.717) is 5.95 Å². The first kappa shape index (κ1) is 17.6. The molecular weight excluding hydrogens is 378 g/mol. The van der Waals surface area contributed by atoms with Crippen LogP contribution >= 0.6 is 23.1 Å². The van der Waals surface area contributed by atoms with Gasteiger partial charge in [0.05, 0.1) is 18.1 Å². The minimum Gasteiger partial charge on any atom is -0.453 e. The summed E-state index contributed by atoms with van der Waals surface area (Å²) in [6.07, 6.45) is -0.551. The molecule has 0 fully saturated rings. The zero-order valence-corrected chi connectivity index (χ0v) is 16.4. The van der Waals surface area contributed by atoms with Gasteiger partial charge in [0.1, 0.15) is 0 Å². The fourth-order valence-electron chi connectivity index (χ4n) is 2.67. The van der Waals surface area contributed by atoms with E-state index in [2.05, 4.69) is 63.3 Å². The Morgan fingerprint density at radius 2 is 1.89 bits per heavy atom. The Balaban J connectivity index is 1.51. The van der Waals surface area contributed by atoms with E-state index in [1.54, 1.807) is 23.1 Å². The van der Waals surface area contributed by atoms with Crippen molar-refractivity contribution in [2.24, 2.45) is 0 Å². The second-order valence-electron chi connectivity index (χ2n) is 5.92. The number of imidazole rings is 1. The molecule has 2 aromatic heterocycles. The van der Waals surface area contributed by atoms with Crippen LogP contribution in [0, 0.1) is 6.92 Å². The summed E-state index contributed by atoms with van der Waals surface area (Å²) in [6, 6.07) is 18.9. The molecule has 0 saturated heterocycles. The lowest BCUT2D eigenvalue weighted by atomic mass is 10.2. The van der Waals surface area contributed by atoms with E-state index < -0.39 is 6.09 Å².